The molecule has 1 saturated heterocycles. The van der Waals surface area contributed by atoms with E-state index in [1.54, 1.807) is 12.1 Å². The summed E-state index contributed by atoms with van der Waals surface area (Å²) >= 11 is 6.00. The first-order chi connectivity index (χ1) is 8.65. The smallest absolute Gasteiger partial charge is 0.339 e. The summed E-state index contributed by atoms with van der Waals surface area (Å²) in [6, 6.07) is 5.40. The van der Waals surface area contributed by atoms with E-state index < -0.39 is 5.97 Å². The lowest BCUT2D eigenvalue weighted by Gasteiger charge is -2.37. The number of morpholine rings is 1. The van der Waals surface area contributed by atoms with Gasteiger partial charge in [0.05, 0.1) is 30.0 Å². The summed E-state index contributed by atoms with van der Waals surface area (Å²) in [7, 11) is 0. The van der Waals surface area contributed by atoms with Crippen LogP contribution in [0.2, 0.25) is 5.02 Å². The molecule has 4 nitrogen and oxygen atoms in total. The molecule has 1 aliphatic heterocycles. The van der Waals surface area contributed by atoms with Gasteiger partial charge in [0, 0.05) is 6.54 Å². The molecule has 0 amide bonds. The minimum Gasteiger partial charge on any atom is -0.478 e. The summed E-state index contributed by atoms with van der Waals surface area (Å²) in [5.74, 6) is -0.989. The zero-order valence-electron chi connectivity index (χ0n) is 10.2. The number of halogens is 1. The van der Waals surface area contributed by atoms with E-state index in [1.165, 1.54) is 0 Å². The molecule has 0 aromatic heterocycles. The zero-order valence-corrected chi connectivity index (χ0v) is 11.0. The van der Waals surface area contributed by atoms with Crippen molar-refractivity contribution in [3.05, 3.63) is 28.8 Å². The fraction of sp³-hybridized carbons (Fsp3) is 0.462. The minimum absolute atomic E-state index is 0.180. The van der Waals surface area contributed by atoms with Gasteiger partial charge in [-0.05, 0) is 18.6 Å². The standard InChI is InChI=1S/C13H16ClNO3/c1-2-9-8-18-7-6-15(9)11-5-3-4-10(14)12(11)13(16)17/h3-5,9H,2,6-8H2,1H3,(H,16,17). The predicted octanol–water partition coefficient (Wildman–Crippen LogP) is 2.65. The van der Waals surface area contributed by atoms with Crippen molar-refractivity contribution in [2.24, 2.45) is 0 Å². The molecule has 1 N–H and O–H groups in total. The zero-order chi connectivity index (χ0) is 13.1. The Morgan fingerprint density at radius 2 is 2.39 bits per heavy atom. The quantitative estimate of drug-likeness (QED) is 0.917. The van der Waals surface area contributed by atoms with E-state index in [0.717, 1.165) is 6.42 Å². The van der Waals surface area contributed by atoms with Crippen LogP contribution in [0.25, 0.3) is 0 Å². The summed E-state index contributed by atoms with van der Waals surface area (Å²) < 4.78 is 5.43. The third kappa shape index (κ3) is 2.44. The monoisotopic (exact) mass is 269 g/mol. The average Bonchev–Trinajstić information content (AvgIpc) is 2.38. The van der Waals surface area contributed by atoms with Crippen LogP contribution in [0, 0.1) is 0 Å². The van der Waals surface area contributed by atoms with Crippen molar-refractivity contribution in [3.8, 4) is 0 Å². The lowest BCUT2D eigenvalue weighted by Crippen LogP contribution is -2.45. The molecule has 1 heterocycles. The molecule has 0 aliphatic carbocycles. The number of rotatable bonds is 3. The van der Waals surface area contributed by atoms with E-state index >= 15 is 0 Å². The average molecular weight is 270 g/mol. The number of nitrogens with zero attached hydrogens (tertiary/aromatic N) is 1. The SMILES string of the molecule is CCC1COCCN1c1cccc(Cl)c1C(=O)O. The highest BCUT2D eigenvalue weighted by atomic mass is 35.5. The first kappa shape index (κ1) is 13.2. The minimum atomic E-state index is -0.989. The van der Waals surface area contributed by atoms with Crippen LogP contribution >= 0.6 is 11.6 Å². The molecule has 0 saturated carbocycles. The summed E-state index contributed by atoms with van der Waals surface area (Å²) in [5.41, 5.74) is 0.865. The summed E-state index contributed by atoms with van der Waals surface area (Å²) in [6.07, 6.45) is 0.908. The second kappa shape index (κ2) is 5.59. The fourth-order valence-electron chi connectivity index (χ4n) is 2.27. The molecule has 1 aromatic carbocycles. The molecule has 18 heavy (non-hydrogen) atoms. The molecule has 1 unspecified atom stereocenters. The Bertz CT molecular complexity index is 450. The number of benzene rings is 1. The topological polar surface area (TPSA) is 49.8 Å². The van der Waals surface area contributed by atoms with E-state index in [4.69, 9.17) is 16.3 Å². The Hall–Kier alpha value is -1.26. The molecule has 1 atom stereocenters. The van der Waals surface area contributed by atoms with Gasteiger partial charge in [0.1, 0.15) is 5.56 Å². The Morgan fingerprint density at radius 3 is 3.06 bits per heavy atom. The normalized spacial score (nSPS) is 19.9. The molecule has 0 radical (unpaired) electrons. The Kier molecular flexibility index (Phi) is 4.09. The number of carbonyl (C=O) groups is 1. The summed E-state index contributed by atoms with van der Waals surface area (Å²) in [6.45, 7) is 4.00. The van der Waals surface area contributed by atoms with Gasteiger partial charge in [-0.1, -0.05) is 24.6 Å². The second-order valence-electron chi connectivity index (χ2n) is 4.27. The van der Waals surface area contributed by atoms with Crippen LogP contribution < -0.4 is 4.90 Å². The number of carboxylic acids is 1. The van der Waals surface area contributed by atoms with Crippen LogP contribution in [-0.2, 0) is 4.74 Å². The van der Waals surface area contributed by atoms with Crippen LogP contribution in [0.3, 0.4) is 0 Å². The number of hydrogen-bond donors (Lipinski definition) is 1. The molecule has 98 valence electrons. The first-order valence-electron chi connectivity index (χ1n) is 6.01. The molecule has 1 aromatic rings. The van der Waals surface area contributed by atoms with Crippen LogP contribution in [0.1, 0.15) is 23.7 Å². The highest BCUT2D eigenvalue weighted by Gasteiger charge is 2.26. The van der Waals surface area contributed by atoms with Gasteiger partial charge in [-0.3, -0.25) is 0 Å². The van der Waals surface area contributed by atoms with Crippen molar-refractivity contribution in [3.63, 3.8) is 0 Å². The van der Waals surface area contributed by atoms with Gasteiger partial charge in [-0.2, -0.15) is 0 Å². The highest BCUT2D eigenvalue weighted by molar-refractivity contribution is 6.34. The van der Waals surface area contributed by atoms with E-state index in [2.05, 4.69) is 11.8 Å². The van der Waals surface area contributed by atoms with Crippen molar-refractivity contribution >= 4 is 23.3 Å². The molecule has 5 heteroatoms. The fourth-order valence-corrected chi connectivity index (χ4v) is 2.52. The van der Waals surface area contributed by atoms with Crippen LogP contribution in [0.4, 0.5) is 5.69 Å². The van der Waals surface area contributed by atoms with Gasteiger partial charge in [0.25, 0.3) is 0 Å². The molecule has 0 bridgehead atoms. The summed E-state index contributed by atoms with van der Waals surface area (Å²) in [4.78, 5) is 13.4. The third-order valence-electron chi connectivity index (χ3n) is 3.21. The highest BCUT2D eigenvalue weighted by Crippen LogP contribution is 2.30. The van der Waals surface area contributed by atoms with Gasteiger partial charge < -0.3 is 14.7 Å². The predicted molar refractivity (Wildman–Crippen MR) is 70.7 cm³/mol. The molecule has 0 spiro atoms. The van der Waals surface area contributed by atoms with Crippen LogP contribution in [-0.4, -0.2) is 36.9 Å². The second-order valence-corrected chi connectivity index (χ2v) is 4.68. The molecular formula is C13H16ClNO3. The van der Waals surface area contributed by atoms with Crippen molar-refractivity contribution < 1.29 is 14.6 Å². The number of aromatic carboxylic acids is 1. The van der Waals surface area contributed by atoms with E-state index in [9.17, 15) is 9.90 Å². The largest absolute Gasteiger partial charge is 0.478 e. The molecule has 1 fully saturated rings. The Morgan fingerprint density at radius 1 is 1.61 bits per heavy atom. The van der Waals surface area contributed by atoms with Gasteiger partial charge in [-0.25, -0.2) is 4.79 Å². The van der Waals surface area contributed by atoms with Crippen molar-refractivity contribution in [1.82, 2.24) is 0 Å². The lowest BCUT2D eigenvalue weighted by atomic mass is 10.1. The molecule has 1 aliphatic rings. The van der Waals surface area contributed by atoms with Crippen molar-refractivity contribution in [1.29, 1.82) is 0 Å². The Labute approximate surface area is 111 Å². The van der Waals surface area contributed by atoms with Crippen molar-refractivity contribution in [2.75, 3.05) is 24.7 Å². The van der Waals surface area contributed by atoms with Gasteiger partial charge in [0.15, 0.2) is 0 Å². The van der Waals surface area contributed by atoms with E-state index in [-0.39, 0.29) is 16.6 Å². The molecule has 2 rings (SSSR count). The van der Waals surface area contributed by atoms with Crippen LogP contribution in [0.15, 0.2) is 18.2 Å². The third-order valence-corrected chi connectivity index (χ3v) is 3.53. The van der Waals surface area contributed by atoms with E-state index in [0.29, 0.717) is 25.4 Å². The van der Waals surface area contributed by atoms with E-state index in [1.807, 2.05) is 6.07 Å². The summed E-state index contributed by atoms with van der Waals surface area (Å²) in [5, 5.41) is 9.57. The lowest BCUT2D eigenvalue weighted by molar-refractivity contribution is 0.0694. The number of ether oxygens (including phenoxy) is 1. The van der Waals surface area contributed by atoms with Gasteiger partial charge in [0.2, 0.25) is 0 Å². The number of anilines is 1. The van der Waals surface area contributed by atoms with Crippen LogP contribution in [0.5, 0.6) is 0 Å². The molecular weight excluding hydrogens is 254 g/mol. The maximum atomic E-state index is 11.3. The number of carboxylic acid groups (broad SMARTS) is 1. The van der Waals surface area contributed by atoms with Gasteiger partial charge in [-0.15, -0.1) is 0 Å². The van der Waals surface area contributed by atoms with Crippen molar-refractivity contribution in [2.45, 2.75) is 19.4 Å². The maximum absolute atomic E-state index is 11.3. The Balaban J connectivity index is 2.42. The maximum Gasteiger partial charge on any atom is 0.339 e. The first-order valence-corrected chi connectivity index (χ1v) is 6.39. The number of hydrogen-bond acceptors (Lipinski definition) is 3. The van der Waals surface area contributed by atoms with Gasteiger partial charge >= 0.3 is 5.97 Å².